The van der Waals surface area contributed by atoms with Crippen LogP contribution in [0.4, 0.5) is 4.79 Å². The van der Waals surface area contributed by atoms with E-state index in [-0.39, 0.29) is 24.3 Å². The highest BCUT2D eigenvalue weighted by atomic mass is 16.8. The molecule has 0 aromatic carbocycles. The van der Waals surface area contributed by atoms with Gasteiger partial charge in [0.05, 0.1) is 6.04 Å². The van der Waals surface area contributed by atoms with E-state index >= 15 is 0 Å². The summed E-state index contributed by atoms with van der Waals surface area (Å²) in [6.07, 6.45) is 1.20. The van der Waals surface area contributed by atoms with Crippen LogP contribution in [0.15, 0.2) is 11.8 Å². The van der Waals surface area contributed by atoms with Crippen molar-refractivity contribution in [2.24, 2.45) is 5.92 Å². The maximum Gasteiger partial charge on any atom is 0.509 e. The van der Waals surface area contributed by atoms with Crippen molar-refractivity contribution in [1.29, 1.82) is 0 Å². The van der Waals surface area contributed by atoms with E-state index in [0.29, 0.717) is 6.42 Å². The molecule has 0 aromatic heterocycles. The maximum atomic E-state index is 12.0. The predicted molar refractivity (Wildman–Crippen MR) is 55.3 cm³/mol. The predicted octanol–water partition coefficient (Wildman–Crippen LogP) is 0.111. The number of cyclic esters (lactones) is 2. The summed E-state index contributed by atoms with van der Waals surface area (Å²) in [5, 5.41) is 8.94. The highest BCUT2D eigenvalue weighted by molar-refractivity contribution is 5.99. The summed E-state index contributed by atoms with van der Waals surface area (Å²) in [4.78, 5) is 35.2. The fourth-order valence-electron chi connectivity index (χ4n) is 2.88. The number of aliphatic carboxylic acids is 1. The van der Waals surface area contributed by atoms with Gasteiger partial charge in [-0.05, 0) is 13.3 Å². The van der Waals surface area contributed by atoms with Crippen LogP contribution in [0.5, 0.6) is 0 Å². The largest absolute Gasteiger partial charge is 0.509 e. The molecule has 0 saturated carbocycles. The van der Waals surface area contributed by atoms with E-state index in [0.717, 1.165) is 0 Å². The van der Waals surface area contributed by atoms with Crippen LogP contribution in [0.25, 0.3) is 0 Å². The van der Waals surface area contributed by atoms with Gasteiger partial charge in [-0.1, -0.05) is 6.08 Å². The Kier molecular flexibility index (Phi) is 1.99. The number of amides is 1. The van der Waals surface area contributed by atoms with Crippen molar-refractivity contribution in [1.82, 2.24) is 4.90 Å². The number of fused-ring (bicyclic) bond motifs is 1. The molecule has 7 heteroatoms. The molecule has 3 rings (SSSR count). The first-order valence-electron chi connectivity index (χ1n) is 5.56. The van der Waals surface area contributed by atoms with E-state index in [1.807, 2.05) is 0 Å². The zero-order valence-corrected chi connectivity index (χ0v) is 9.58. The van der Waals surface area contributed by atoms with Crippen LogP contribution in [0.2, 0.25) is 0 Å². The second-order valence-corrected chi connectivity index (χ2v) is 4.84. The normalized spacial score (nSPS) is 37.6. The van der Waals surface area contributed by atoms with Gasteiger partial charge in [0.25, 0.3) is 0 Å². The molecule has 0 aromatic rings. The molecule has 96 valence electrons. The summed E-state index contributed by atoms with van der Waals surface area (Å²) < 4.78 is 9.78. The molecule has 18 heavy (non-hydrogen) atoms. The lowest BCUT2D eigenvalue weighted by molar-refractivity contribution is -0.168. The van der Waals surface area contributed by atoms with Crippen molar-refractivity contribution >= 4 is 18.0 Å². The van der Waals surface area contributed by atoms with Crippen LogP contribution in [0.1, 0.15) is 13.3 Å². The Morgan fingerprint density at radius 2 is 2.28 bits per heavy atom. The van der Waals surface area contributed by atoms with Crippen LogP contribution in [0, 0.1) is 5.92 Å². The average molecular weight is 253 g/mol. The molecule has 0 aliphatic carbocycles. The van der Waals surface area contributed by atoms with Crippen molar-refractivity contribution in [3.63, 3.8) is 0 Å². The third-order valence-corrected chi connectivity index (χ3v) is 3.70. The van der Waals surface area contributed by atoms with Crippen molar-refractivity contribution in [3.05, 3.63) is 11.8 Å². The average Bonchev–Trinajstić information content (AvgIpc) is 2.80. The lowest BCUT2D eigenvalue weighted by atomic mass is 9.75. The number of nitrogens with zero attached hydrogens (tertiary/aromatic N) is 1. The molecule has 1 amide bonds. The van der Waals surface area contributed by atoms with Gasteiger partial charge in [0.2, 0.25) is 5.91 Å². The van der Waals surface area contributed by atoms with Crippen LogP contribution in [-0.2, 0) is 19.1 Å². The Hall–Kier alpha value is -2.05. The standard InChI is InChI=1S/C11H11NO6/c1-11(4-17-10(16)18-11)7-5-2-3-6(9(14)15)12(5)8(7)13/h3,5,7H,2,4H2,1H3,(H,14,15)/t5-,7-,11-/m1/s1. The number of carbonyl (C=O) groups is 3. The van der Waals surface area contributed by atoms with Crippen LogP contribution >= 0.6 is 0 Å². The first kappa shape index (κ1) is 11.1. The van der Waals surface area contributed by atoms with Crippen LogP contribution in [0.3, 0.4) is 0 Å². The molecule has 2 saturated heterocycles. The minimum Gasteiger partial charge on any atom is -0.477 e. The Morgan fingerprint density at radius 3 is 2.83 bits per heavy atom. The van der Waals surface area contributed by atoms with Crippen LogP contribution in [-0.4, -0.2) is 46.3 Å². The highest BCUT2D eigenvalue weighted by Crippen LogP contribution is 2.46. The Bertz CT molecular complexity index is 498. The highest BCUT2D eigenvalue weighted by Gasteiger charge is 2.63. The van der Waals surface area contributed by atoms with E-state index < -0.39 is 23.6 Å². The molecule has 0 spiro atoms. The van der Waals surface area contributed by atoms with E-state index in [4.69, 9.17) is 14.6 Å². The Balaban J connectivity index is 1.82. The Morgan fingerprint density at radius 1 is 1.56 bits per heavy atom. The maximum absolute atomic E-state index is 12.0. The number of hydrogen-bond donors (Lipinski definition) is 1. The van der Waals surface area contributed by atoms with E-state index in [1.165, 1.54) is 11.0 Å². The summed E-state index contributed by atoms with van der Waals surface area (Å²) in [7, 11) is 0. The number of hydrogen-bond acceptors (Lipinski definition) is 5. The zero-order chi connectivity index (χ0) is 13.1. The molecule has 2 fully saturated rings. The third kappa shape index (κ3) is 1.21. The molecule has 0 unspecified atom stereocenters. The first-order valence-corrected chi connectivity index (χ1v) is 5.56. The number of carbonyl (C=O) groups excluding carboxylic acids is 2. The monoisotopic (exact) mass is 253 g/mol. The van der Waals surface area contributed by atoms with Gasteiger partial charge < -0.3 is 19.5 Å². The minimum absolute atomic E-state index is 0.00934. The molecule has 3 heterocycles. The Labute approximate surface area is 102 Å². The smallest absolute Gasteiger partial charge is 0.477 e. The number of carboxylic acid groups (broad SMARTS) is 1. The number of ether oxygens (including phenoxy) is 2. The van der Waals surface area contributed by atoms with Gasteiger partial charge >= 0.3 is 12.1 Å². The summed E-state index contributed by atoms with van der Waals surface area (Å²) >= 11 is 0. The molecular weight excluding hydrogens is 242 g/mol. The van der Waals surface area contributed by atoms with Gasteiger partial charge in [0, 0.05) is 0 Å². The van der Waals surface area contributed by atoms with E-state index in [9.17, 15) is 14.4 Å². The summed E-state index contributed by atoms with van der Waals surface area (Å²) in [6.45, 7) is 1.66. The summed E-state index contributed by atoms with van der Waals surface area (Å²) in [5.41, 5.74) is -0.980. The second-order valence-electron chi connectivity index (χ2n) is 4.84. The van der Waals surface area contributed by atoms with Gasteiger partial charge in [0.15, 0.2) is 5.60 Å². The van der Waals surface area contributed by atoms with Crippen molar-refractivity contribution in [2.45, 2.75) is 25.0 Å². The molecule has 7 nitrogen and oxygen atoms in total. The van der Waals surface area contributed by atoms with Gasteiger partial charge in [-0.2, -0.15) is 0 Å². The lowest BCUT2D eigenvalue weighted by Crippen LogP contribution is -2.66. The third-order valence-electron chi connectivity index (χ3n) is 3.70. The lowest BCUT2D eigenvalue weighted by Gasteiger charge is -2.48. The van der Waals surface area contributed by atoms with Gasteiger partial charge in [-0.25, -0.2) is 9.59 Å². The minimum atomic E-state index is -1.12. The molecule has 3 aliphatic rings. The van der Waals surface area contributed by atoms with Gasteiger partial charge in [-0.3, -0.25) is 4.79 Å². The summed E-state index contributed by atoms with van der Waals surface area (Å²) in [6, 6.07) is -0.247. The molecule has 0 radical (unpaired) electrons. The molecule has 0 bridgehead atoms. The second kappa shape index (κ2) is 3.24. The van der Waals surface area contributed by atoms with Crippen molar-refractivity contribution in [3.8, 4) is 0 Å². The van der Waals surface area contributed by atoms with Crippen molar-refractivity contribution < 1.29 is 29.0 Å². The van der Waals surface area contributed by atoms with Crippen LogP contribution < -0.4 is 0 Å². The number of rotatable bonds is 2. The SMILES string of the molecule is C[C@]1([C@H]2C(=O)N3C(C(=O)O)=CC[C@H]23)COC(=O)O1. The van der Waals surface area contributed by atoms with Gasteiger partial charge in [0.1, 0.15) is 18.2 Å². The number of β-lactam (4-membered cyclic amide) rings is 1. The fraction of sp³-hybridized carbons (Fsp3) is 0.545. The fourth-order valence-corrected chi connectivity index (χ4v) is 2.88. The molecule has 3 atom stereocenters. The molecular formula is C11H11NO6. The molecule has 1 N–H and O–H groups in total. The summed E-state index contributed by atoms with van der Waals surface area (Å²) in [5.74, 6) is -1.97. The van der Waals surface area contributed by atoms with E-state index in [1.54, 1.807) is 6.92 Å². The molecule has 3 aliphatic heterocycles. The van der Waals surface area contributed by atoms with E-state index in [2.05, 4.69) is 0 Å². The topological polar surface area (TPSA) is 93.1 Å². The first-order chi connectivity index (χ1) is 8.44. The number of carboxylic acids is 1. The zero-order valence-electron chi connectivity index (χ0n) is 9.58. The quantitative estimate of drug-likeness (QED) is 0.554. The van der Waals surface area contributed by atoms with Gasteiger partial charge in [-0.15, -0.1) is 0 Å². The van der Waals surface area contributed by atoms with Crippen molar-refractivity contribution in [2.75, 3.05) is 6.61 Å².